The van der Waals surface area contributed by atoms with Gasteiger partial charge in [0.15, 0.2) is 0 Å². The van der Waals surface area contributed by atoms with E-state index < -0.39 is 0 Å². The third-order valence-electron chi connectivity index (χ3n) is 6.24. The number of carbonyl (C=O) groups excluding carboxylic acids is 2. The summed E-state index contributed by atoms with van der Waals surface area (Å²) < 4.78 is 5.40. The zero-order valence-corrected chi connectivity index (χ0v) is 19.7. The van der Waals surface area contributed by atoms with E-state index in [1.807, 2.05) is 43.0 Å². The van der Waals surface area contributed by atoms with Crippen LogP contribution in [0.2, 0.25) is 0 Å². The smallest absolute Gasteiger partial charge is 0.253 e. The highest BCUT2D eigenvalue weighted by Crippen LogP contribution is 2.15. The molecule has 4 rings (SSSR count). The largest absolute Gasteiger partial charge is 0.379 e. The Kier molecular flexibility index (Phi) is 7.75. The molecule has 0 aliphatic carbocycles. The fourth-order valence-corrected chi connectivity index (χ4v) is 4.50. The van der Waals surface area contributed by atoms with Crippen LogP contribution in [0.25, 0.3) is 0 Å². The van der Waals surface area contributed by atoms with Crippen LogP contribution < -0.4 is 5.32 Å². The van der Waals surface area contributed by atoms with Gasteiger partial charge in [0.2, 0.25) is 5.91 Å². The predicted octanol–water partition coefficient (Wildman–Crippen LogP) is 2.53. The van der Waals surface area contributed by atoms with Crippen molar-refractivity contribution in [2.24, 2.45) is 0 Å². The molecule has 0 spiro atoms. The molecule has 2 aliphatic rings. The average Bonchev–Trinajstić information content (AvgIpc) is 2.80. The highest BCUT2D eigenvalue weighted by molar-refractivity contribution is 5.95. The lowest BCUT2D eigenvalue weighted by molar-refractivity contribution is -0.117. The number of hydrogen-bond acceptors (Lipinski definition) is 5. The minimum atomic E-state index is -0.0231. The van der Waals surface area contributed by atoms with Crippen LogP contribution >= 0.6 is 0 Å². The van der Waals surface area contributed by atoms with Crippen LogP contribution in [0.1, 0.15) is 27.0 Å². The second kappa shape index (κ2) is 10.9. The number of hydrogen-bond donors (Lipinski definition) is 1. The maximum atomic E-state index is 12.8. The first-order valence-corrected chi connectivity index (χ1v) is 11.7. The lowest BCUT2D eigenvalue weighted by Crippen LogP contribution is -2.50. The minimum Gasteiger partial charge on any atom is -0.379 e. The number of ether oxygens (including phenoxy) is 1. The highest BCUT2D eigenvalue weighted by atomic mass is 16.5. The molecule has 0 bridgehead atoms. The lowest BCUT2D eigenvalue weighted by atomic mass is 10.1. The number of carbonyl (C=O) groups is 2. The quantitative estimate of drug-likeness (QED) is 0.733. The maximum absolute atomic E-state index is 12.8. The normalized spacial score (nSPS) is 17.7. The summed E-state index contributed by atoms with van der Waals surface area (Å²) in [6.07, 6.45) is 0. The molecule has 0 atom stereocenters. The first kappa shape index (κ1) is 23.4. The number of aryl methyl sites for hydroxylation is 2. The van der Waals surface area contributed by atoms with E-state index >= 15 is 0 Å². The van der Waals surface area contributed by atoms with Gasteiger partial charge in [0, 0.05) is 57.1 Å². The molecule has 2 amide bonds. The number of nitrogens with zero attached hydrogens (tertiary/aromatic N) is 3. The van der Waals surface area contributed by atoms with Crippen LogP contribution in [-0.4, -0.2) is 85.5 Å². The summed E-state index contributed by atoms with van der Waals surface area (Å²) in [5.41, 5.74) is 5.00. The van der Waals surface area contributed by atoms with E-state index in [9.17, 15) is 9.59 Å². The van der Waals surface area contributed by atoms with E-state index in [0.29, 0.717) is 32.7 Å². The molecule has 7 nitrogen and oxygen atoms in total. The van der Waals surface area contributed by atoms with Crippen molar-refractivity contribution in [1.29, 1.82) is 0 Å². The van der Waals surface area contributed by atoms with Gasteiger partial charge >= 0.3 is 0 Å². The molecule has 0 aromatic heterocycles. The molecule has 2 saturated heterocycles. The fourth-order valence-electron chi connectivity index (χ4n) is 4.50. The van der Waals surface area contributed by atoms with Gasteiger partial charge in [0.1, 0.15) is 0 Å². The van der Waals surface area contributed by atoms with Crippen molar-refractivity contribution in [3.8, 4) is 0 Å². The summed E-state index contributed by atoms with van der Waals surface area (Å²) >= 11 is 0. The Morgan fingerprint density at radius 3 is 2.12 bits per heavy atom. The van der Waals surface area contributed by atoms with Crippen LogP contribution in [-0.2, 0) is 16.1 Å². The first-order valence-electron chi connectivity index (χ1n) is 11.7. The summed E-state index contributed by atoms with van der Waals surface area (Å²) in [5.74, 6) is 0.0492. The van der Waals surface area contributed by atoms with E-state index in [0.717, 1.165) is 55.2 Å². The monoisotopic (exact) mass is 450 g/mol. The molecule has 33 heavy (non-hydrogen) atoms. The van der Waals surface area contributed by atoms with E-state index in [2.05, 4.69) is 33.3 Å². The topological polar surface area (TPSA) is 65.1 Å². The Labute approximate surface area is 196 Å². The van der Waals surface area contributed by atoms with Gasteiger partial charge in [-0.15, -0.1) is 0 Å². The molecule has 176 valence electrons. The van der Waals surface area contributed by atoms with Crippen LogP contribution in [0.3, 0.4) is 0 Å². The summed E-state index contributed by atoms with van der Waals surface area (Å²) in [4.78, 5) is 31.8. The maximum Gasteiger partial charge on any atom is 0.253 e. The third kappa shape index (κ3) is 6.63. The summed E-state index contributed by atoms with van der Waals surface area (Å²) in [6.45, 7) is 11.4. The van der Waals surface area contributed by atoms with Crippen LogP contribution in [0, 0.1) is 13.8 Å². The number of amides is 2. The second-order valence-electron chi connectivity index (χ2n) is 9.08. The second-order valence-corrected chi connectivity index (χ2v) is 9.08. The Morgan fingerprint density at radius 2 is 1.48 bits per heavy atom. The van der Waals surface area contributed by atoms with Crippen LogP contribution in [0.4, 0.5) is 5.69 Å². The van der Waals surface area contributed by atoms with E-state index in [1.54, 1.807) is 0 Å². The van der Waals surface area contributed by atoms with Crippen molar-refractivity contribution in [3.63, 3.8) is 0 Å². The van der Waals surface area contributed by atoms with E-state index in [1.165, 1.54) is 5.56 Å². The molecule has 7 heteroatoms. The van der Waals surface area contributed by atoms with Crippen molar-refractivity contribution < 1.29 is 14.3 Å². The zero-order valence-electron chi connectivity index (χ0n) is 19.7. The summed E-state index contributed by atoms with van der Waals surface area (Å²) in [6, 6.07) is 14.0. The van der Waals surface area contributed by atoms with Gasteiger partial charge in [0.05, 0.1) is 19.8 Å². The highest BCUT2D eigenvalue weighted by Gasteiger charge is 2.23. The Morgan fingerprint density at radius 1 is 0.848 bits per heavy atom. The van der Waals surface area contributed by atoms with Crippen molar-refractivity contribution >= 4 is 17.5 Å². The predicted molar refractivity (Wildman–Crippen MR) is 129 cm³/mol. The Hall–Kier alpha value is -2.74. The molecule has 2 heterocycles. The van der Waals surface area contributed by atoms with Crippen molar-refractivity contribution in [3.05, 3.63) is 64.7 Å². The first-order chi connectivity index (χ1) is 16.0. The summed E-state index contributed by atoms with van der Waals surface area (Å²) in [7, 11) is 0. The Balaban J connectivity index is 1.21. The number of morpholine rings is 1. The van der Waals surface area contributed by atoms with Crippen molar-refractivity contribution in [2.75, 3.05) is 64.3 Å². The van der Waals surface area contributed by atoms with Crippen LogP contribution in [0.15, 0.2) is 42.5 Å². The minimum absolute atomic E-state index is 0.0231. The number of rotatable bonds is 6. The molecular formula is C26H34N4O3. The van der Waals surface area contributed by atoms with Gasteiger partial charge in [-0.1, -0.05) is 29.3 Å². The molecule has 0 radical (unpaired) electrons. The molecule has 1 N–H and O–H groups in total. The molecule has 2 fully saturated rings. The van der Waals surface area contributed by atoms with Gasteiger partial charge in [-0.05, 0) is 43.7 Å². The Bertz CT molecular complexity index is 942. The van der Waals surface area contributed by atoms with Gasteiger partial charge in [-0.25, -0.2) is 0 Å². The summed E-state index contributed by atoms with van der Waals surface area (Å²) in [5, 5.41) is 3.00. The number of benzene rings is 2. The number of nitrogens with one attached hydrogen (secondary N) is 1. The van der Waals surface area contributed by atoms with E-state index in [4.69, 9.17) is 4.74 Å². The van der Waals surface area contributed by atoms with Crippen molar-refractivity contribution in [2.45, 2.75) is 20.4 Å². The van der Waals surface area contributed by atoms with Crippen molar-refractivity contribution in [1.82, 2.24) is 14.7 Å². The molecule has 0 unspecified atom stereocenters. The molecule has 2 aromatic rings. The zero-order chi connectivity index (χ0) is 23.2. The van der Waals surface area contributed by atoms with E-state index in [-0.39, 0.29) is 11.8 Å². The van der Waals surface area contributed by atoms with Gasteiger partial charge in [0.25, 0.3) is 5.91 Å². The lowest BCUT2D eigenvalue weighted by Gasteiger charge is -2.34. The fraction of sp³-hybridized carbons (Fsp3) is 0.462. The average molecular weight is 451 g/mol. The molecule has 2 aromatic carbocycles. The number of anilines is 1. The van der Waals surface area contributed by atoms with Gasteiger partial charge in [-0.2, -0.15) is 0 Å². The SMILES string of the molecule is Cc1cc(C)cc(C(=O)N2CCN(CC(=O)Nc3ccc(CN4CCOCC4)cc3)CC2)c1. The van der Waals surface area contributed by atoms with Gasteiger partial charge < -0.3 is 15.0 Å². The third-order valence-corrected chi connectivity index (χ3v) is 6.24. The molecule has 0 saturated carbocycles. The number of piperazine rings is 1. The molecular weight excluding hydrogens is 416 g/mol. The van der Waals surface area contributed by atoms with Crippen LogP contribution in [0.5, 0.6) is 0 Å². The van der Waals surface area contributed by atoms with Gasteiger partial charge in [-0.3, -0.25) is 19.4 Å². The standard InChI is InChI=1S/C26H34N4O3/c1-20-15-21(2)17-23(16-20)26(32)30-9-7-28(8-10-30)19-25(31)27-24-5-3-22(4-6-24)18-29-11-13-33-14-12-29/h3-6,15-17H,7-14,18-19H2,1-2H3,(H,27,31). The molecule has 2 aliphatic heterocycles.